The average Bonchev–Trinajstić information content (AvgIpc) is 2.76. The van der Waals surface area contributed by atoms with Gasteiger partial charge in [0.25, 0.3) is 0 Å². The van der Waals surface area contributed by atoms with E-state index in [1.165, 1.54) is 0 Å². The molecule has 3 rings (SSSR count). The molecule has 19 heavy (non-hydrogen) atoms. The Kier molecular flexibility index (Phi) is 2.75. The zero-order chi connectivity index (χ0) is 13.3. The Morgan fingerprint density at radius 1 is 0.947 bits per heavy atom. The third kappa shape index (κ3) is 1.78. The molecule has 1 aliphatic heterocycles. The van der Waals surface area contributed by atoms with E-state index in [0.29, 0.717) is 0 Å². The highest BCUT2D eigenvalue weighted by molar-refractivity contribution is 5.73. The number of nitrogens with one attached hydrogen (secondary N) is 1. The number of hydrogen-bond acceptors (Lipinski definition) is 2. The lowest BCUT2D eigenvalue weighted by atomic mass is 9.81. The molecule has 1 N–H and O–H groups in total. The molecule has 1 atom stereocenters. The number of rotatable bonds is 2. The van der Waals surface area contributed by atoms with Crippen LogP contribution >= 0.6 is 0 Å². The number of benzene rings is 2. The molecule has 0 aromatic heterocycles. The van der Waals surface area contributed by atoms with Crippen LogP contribution in [0.2, 0.25) is 0 Å². The third-order valence-electron chi connectivity index (χ3n) is 3.60. The zero-order valence-electron chi connectivity index (χ0n) is 10.7. The average molecular weight is 253 g/mol. The first kappa shape index (κ1) is 11.8. The molecule has 0 radical (unpaired) electrons. The molecule has 2 aromatic carbocycles. The standard InChI is InChI=1S/C16H15NO2/c1-12-16(19-15(18)17-12,13-8-4-2-5-9-13)14-10-6-3-7-11-14/h2-12H,1H3,(H,17,18)/t12-/m1/s1. The van der Waals surface area contributed by atoms with E-state index in [-0.39, 0.29) is 12.1 Å². The molecule has 0 saturated carbocycles. The molecule has 0 unspecified atom stereocenters. The molecule has 1 heterocycles. The van der Waals surface area contributed by atoms with Crippen molar-refractivity contribution in [3.8, 4) is 0 Å². The highest BCUT2D eigenvalue weighted by Gasteiger charge is 2.49. The van der Waals surface area contributed by atoms with Crippen molar-refractivity contribution in [2.75, 3.05) is 0 Å². The summed E-state index contributed by atoms with van der Waals surface area (Å²) in [6.45, 7) is 1.96. The second-order valence-electron chi connectivity index (χ2n) is 4.72. The number of carbonyl (C=O) groups excluding carboxylic acids is 1. The van der Waals surface area contributed by atoms with Gasteiger partial charge in [0.2, 0.25) is 0 Å². The summed E-state index contributed by atoms with van der Waals surface area (Å²) in [4.78, 5) is 11.7. The van der Waals surface area contributed by atoms with Gasteiger partial charge in [-0.3, -0.25) is 0 Å². The molecule has 1 fully saturated rings. The van der Waals surface area contributed by atoms with Crippen molar-refractivity contribution in [1.82, 2.24) is 5.32 Å². The summed E-state index contributed by atoms with van der Waals surface area (Å²) >= 11 is 0. The lowest BCUT2D eigenvalue weighted by Crippen LogP contribution is -2.40. The number of hydrogen-bond donors (Lipinski definition) is 1. The minimum absolute atomic E-state index is 0.121. The maximum Gasteiger partial charge on any atom is 0.408 e. The summed E-state index contributed by atoms with van der Waals surface area (Å²) in [7, 11) is 0. The Labute approximate surface area is 112 Å². The van der Waals surface area contributed by atoms with E-state index in [9.17, 15) is 4.79 Å². The smallest absolute Gasteiger partial charge is 0.408 e. The quantitative estimate of drug-likeness (QED) is 0.893. The lowest BCUT2D eigenvalue weighted by Gasteiger charge is -2.31. The number of carbonyl (C=O) groups is 1. The Morgan fingerprint density at radius 2 is 1.42 bits per heavy atom. The monoisotopic (exact) mass is 253 g/mol. The van der Waals surface area contributed by atoms with E-state index in [1.54, 1.807) is 0 Å². The Morgan fingerprint density at radius 3 is 1.79 bits per heavy atom. The van der Waals surface area contributed by atoms with E-state index in [2.05, 4.69) is 5.32 Å². The fraction of sp³-hybridized carbons (Fsp3) is 0.188. The molecular weight excluding hydrogens is 238 g/mol. The van der Waals surface area contributed by atoms with E-state index in [0.717, 1.165) is 11.1 Å². The minimum atomic E-state index is -0.750. The summed E-state index contributed by atoms with van der Waals surface area (Å²) in [6, 6.07) is 19.6. The van der Waals surface area contributed by atoms with Crippen molar-refractivity contribution in [1.29, 1.82) is 0 Å². The summed E-state index contributed by atoms with van der Waals surface area (Å²) in [6.07, 6.45) is -0.375. The van der Waals surface area contributed by atoms with Crippen LogP contribution in [-0.2, 0) is 10.3 Å². The maximum atomic E-state index is 11.7. The molecule has 0 spiro atoms. The minimum Gasteiger partial charge on any atom is -0.431 e. The molecule has 3 nitrogen and oxygen atoms in total. The molecule has 1 aliphatic rings. The second kappa shape index (κ2) is 4.43. The van der Waals surface area contributed by atoms with Crippen LogP contribution in [0.1, 0.15) is 18.1 Å². The van der Waals surface area contributed by atoms with Crippen molar-refractivity contribution in [3.63, 3.8) is 0 Å². The summed E-state index contributed by atoms with van der Waals surface area (Å²) in [5.74, 6) is 0. The summed E-state index contributed by atoms with van der Waals surface area (Å²) in [5, 5.41) is 2.84. The van der Waals surface area contributed by atoms with E-state index in [4.69, 9.17) is 4.74 Å². The van der Waals surface area contributed by atoms with E-state index < -0.39 is 5.60 Å². The van der Waals surface area contributed by atoms with Gasteiger partial charge >= 0.3 is 6.09 Å². The molecule has 2 aromatic rings. The number of amides is 1. The molecular formula is C16H15NO2. The molecule has 0 aliphatic carbocycles. The largest absolute Gasteiger partial charge is 0.431 e. The first-order valence-electron chi connectivity index (χ1n) is 6.34. The number of ether oxygens (including phenoxy) is 1. The van der Waals surface area contributed by atoms with Gasteiger partial charge in [-0.25, -0.2) is 4.79 Å². The number of alkyl carbamates (subject to hydrolysis) is 1. The SMILES string of the molecule is C[C@H]1NC(=O)OC1(c1ccccc1)c1ccccc1. The highest BCUT2D eigenvalue weighted by Crippen LogP contribution is 2.40. The third-order valence-corrected chi connectivity index (χ3v) is 3.60. The predicted octanol–water partition coefficient (Wildman–Crippen LogP) is 3.06. The summed E-state index contributed by atoms with van der Waals surface area (Å²) < 4.78 is 5.68. The van der Waals surface area contributed by atoms with Gasteiger partial charge in [0, 0.05) is 11.1 Å². The molecule has 3 heteroatoms. The fourth-order valence-corrected chi connectivity index (χ4v) is 2.70. The van der Waals surface area contributed by atoms with Gasteiger partial charge in [0.1, 0.15) is 0 Å². The van der Waals surface area contributed by atoms with Crippen LogP contribution in [0.3, 0.4) is 0 Å². The van der Waals surface area contributed by atoms with Crippen molar-refractivity contribution >= 4 is 6.09 Å². The van der Waals surface area contributed by atoms with Crippen molar-refractivity contribution < 1.29 is 9.53 Å². The van der Waals surface area contributed by atoms with Crippen LogP contribution in [0.4, 0.5) is 4.79 Å². The van der Waals surface area contributed by atoms with Crippen molar-refractivity contribution in [2.45, 2.75) is 18.6 Å². The van der Waals surface area contributed by atoms with Crippen LogP contribution in [-0.4, -0.2) is 12.1 Å². The fourth-order valence-electron chi connectivity index (χ4n) is 2.70. The second-order valence-corrected chi connectivity index (χ2v) is 4.72. The topological polar surface area (TPSA) is 38.3 Å². The molecule has 1 saturated heterocycles. The normalized spacial score (nSPS) is 20.7. The van der Waals surface area contributed by atoms with Crippen LogP contribution in [0.25, 0.3) is 0 Å². The van der Waals surface area contributed by atoms with Crippen LogP contribution in [0.15, 0.2) is 60.7 Å². The predicted molar refractivity (Wildman–Crippen MR) is 72.7 cm³/mol. The summed E-state index contributed by atoms with van der Waals surface area (Å²) in [5.41, 5.74) is 1.21. The van der Waals surface area contributed by atoms with Crippen molar-refractivity contribution in [3.05, 3.63) is 71.8 Å². The van der Waals surface area contributed by atoms with E-state index in [1.807, 2.05) is 67.6 Å². The van der Waals surface area contributed by atoms with Crippen molar-refractivity contribution in [2.24, 2.45) is 0 Å². The lowest BCUT2D eigenvalue weighted by molar-refractivity contribution is 0.0717. The van der Waals surface area contributed by atoms with E-state index >= 15 is 0 Å². The molecule has 0 bridgehead atoms. The Hall–Kier alpha value is -2.29. The van der Waals surface area contributed by atoms with Gasteiger partial charge in [-0.15, -0.1) is 0 Å². The first-order valence-corrected chi connectivity index (χ1v) is 6.34. The Balaban J connectivity index is 2.20. The van der Waals surface area contributed by atoms with Gasteiger partial charge in [-0.1, -0.05) is 60.7 Å². The first-order chi connectivity index (χ1) is 9.23. The van der Waals surface area contributed by atoms with Crippen LogP contribution in [0, 0.1) is 0 Å². The maximum absolute atomic E-state index is 11.7. The zero-order valence-corrected chi connectivity index (χ0v) is 10.7. The Bertz CT molecular complexity index is 541. The highest BCUT2D eigenvalue weighted by atomic mass is 16.6. The van der Waals surface area contributed by atoms with Gasteiger partial charge in [0.05, 0.1) is 6.04 Å². The molecule has 96 valence electrons. The van der Waals surface area contributed by atoms with Crippen LogP contribution in [0.5, 0.6) is 0 Å². The van der Waals surface area contributed by atoms with Gasteiger partial charge in [-0.2, -0.15) is 0 Å². The van der Waals surface area contributed by atoms with Gasteiger partial charge in [0.15, 0.2) is 5.60 Å². The molecule has 1 amide bonds. The van der Waals surface area contributed by atoms with Gasteiger partial charge < -0.3 is 10.1 Å². The van der Waals surface area contributed by atoms with Crippen LogP contribution < -0.4 is 5.32 Å². The van der Waals surface area contributed by atoms with Gasteiger partial charge in [-0.05, 0) is 6.92 Å². The number of cyclic esters (lactones) is 1.